The van der Waals surface area contributed by atoms with Crippen molar-refractivity contribution < 1.29 is 22.8 Å². The molecular formula is C29H37Cl3F3N7O2. The van der Waals surface area contributed by atoms with E-state index in [4.69, 9.17) is 0 Å². The lowest BCUT2D eigenvalue weighted by atomic mass is 10.1. The van der Waals surface area contributed by atoms with Crippen LogP contribution in [0, 0.1) is 0 Å². The van der Waals surface area contributed by atoms with Crippen molar-refractivity contribution in [1.82, 2.24) is 25.1 Å². The normalized spacial score (nSPS) is 13.7. The molecule has 2 amide bonds. The Morgan fingerprint density at radius 1 is 0.841 bits per heavy atom. The molecule has 1 aromatic heterocycles. The van der Waals surface area contributed by atoms with Gasteiger partial charge in [0.25, 0.3) is 0 Å². The Balaban J connectivity index is 0.00000323. The lowest BCUT2D eigenvalue weighted by Gasteiger charge is -2.22. The molecule has 2 aromatic carbocycles. The van der Waals surface area contributed by atoms with Gasteiger partial charge in [-0.05, 0) is 31.1 Å². The third-order valence-corrected chi connectivity index (χ3v) is 6.54. The van der Waals surface area contributed by atoms with E-state index in [-0.39, 0.29) is 55.6 Å². The number of rotatable bonds is 10. The summed E-state index contributed by atoms with van der Waals surface area (Å²) >= 11 is 0. The molecule has 2 heterocycles. The van der Waals surface area contributed by atoms with Crippen LogP contribution < -0.4 is 16.0 Å². The number of carbonyl (C=O) groups is 2. The highest BCUT2D eigenvalue weighted by Crippen LogP contribution is 2.30. The van der Waals surface area contributed by atoms with Gasteiger partial charge in [0.05, 0.1) is 12.1 Å². The van der Waals surface area contributed by atoms with Crippen molar-refractivity contribution >= 4 is 60.7 Å². The molecule has 15 heteroatoms. The van der Waals surface area contributed by atoms with Crippen molar-refractivity contribution in [2.24, 2.45) is 0 Å². The van der Waals surface area contributed by atoms with Crippen molar-refractivity contribution in [2.75, 3.05) is 56.4 Å². The van der Waals surface area contributed by atoms with Gasteiger partial charge < -0.3 is 16.0 Å². The summed E-state index contributed by atoms with van der Waals surface area (Å²) in [5, 5.41) is 8.75. The van der Waals surface area contributed by atoms with E-state index in [1.165, 1.54) is 19.1 Å². The van der Waals surface area contributed by atoms with Crippen molar-refractivity contribution in [3.8, 4) is 11.4 Å². The summed E-state index contributed by atoms with van der Waals surface area (Å²) in [4.78, 5) is 37.4. The fourth-order valence-corrected chi connectivity index (χ4v) is 4.58. The number of hydrogen-bond donors (Lipinski definition) is 3. The second kappa shape index (κ2) is 18.6. The molecule has 1 aliphatic heterocycles. The van der Waals surface area contributed by atoms with Gasteiger partial charge in [0.1, 0.15) is 11.6 Å². The quantitative estimate of drug-likeness (QED) is 0.256. The second-order valence-corrected chi connectivity index (χ2v) is 9.89. The van der Waals surface area contributed by atoms with E-state index >= 15 is 0 Å². The highest BCUT2D eigenvalue weighted by molar-refractivity contribution is 5.92. The van der Waals surface area contributed by atoms with Crippen LogP contribution in [0.5, 0.6) is 0 Å². The van der Waals surface area contributed by atoms with E-state index in [1.54, 1.807) is 12.1 Å². The van der Waals surface area contributed by atoms with Gasteiger partial charge in [-0.15, -0.1) is 37.2 Å². The van der Waals surface area contributed by atoms with Crippen molar-refractivity contribution in [2.45, 2.75) is 26.1 Å². The molecule has 3 N–H and O–H groups in total. The summed E-state index contributed by atoms with van der Waals surface area (Å²) in [6.45, 7) is 5.57. The number of nitrogens with one attached hydrogen (secondary N) is 3. The van der Waals surface area contributed by atoms with E-state index in [9.17, 15) is 22.8 Å². The Kier molecular flexibility index (Phi) is 16.4. The van der Waals surface area contributed by atoms with E-state index in [2.05, 4.69) is 30.8 Å². The molecule has 242 valence electrons. The Hall–Kier alpha value is -3.16. The number of hydrogen-bond acceptors (Lipinski definition) is 7. The van der Waals surface area contributed by atoms with Crippen LogP contribution in [0.15, 0.2) is 60.7 Å². The van der Waals surface area contributed by atoms with Gasteiger partial charge in [-0.3, -0.25) is 19.4 Å². The molecule has 1 aliphatic rings. The fraction of sp³-hybridized carbons (Fsp3) is 0.379. The maximum absolute atomic E-state index is 13.1. The smallest absolute Gasteiger partial charge is 0.368 e. The zero-order valence-electron chi connectivity index (χ0n) is 24.1. The molecule has 3 aromatic rings. The molecule has 9 nitrogen and oxygen atoms in total. The Labute approximate surface area is 273 Å². The number of amides is 2. The standard InChI is InChI=1S/C29H34F3N7O2.3ClH/c1-21(40)33-11-12-34-25-18-26(37-28(36-25)23-8-3-2-4-9-23)35-27(41)20-39-14-6-13-38(15-16-39)19-22-7-5-10-24(17-22)29(30,31)32;;;/h2-5,7-10,17-18H,6,11-16,19-20H2,1H3,(H,33,40)(H2,34,35,36,37,41);3*1H. The number of benzene rings is 2. The third-order valence-electron chi connectivity index (χ3n) is 6.54. The first kappa shape index (κ1) is 38.9. The first-order valence-corrected chi connectivity index (χ1v) is 13.5. The summed E-state index contributed by atoms with van der Waals surface area (Å²) in [7, 11) is 0. The maximum Gasteiger partial charge on any atom is 0.416 e. The van der Waals surface area contributed by atoms with Gasteiger partial charge in [0.15, 0.2) is 5.82 Å². The lowest BCUT2D eigenvalue weighted by molar-refractivity contribution is -0.137. The van der Waals surface area contributed by atoms with Crippen LogP contribution in [0.2, 0.25) is 0 Å². The van der Waals surface area contributed by atoms with Crippen molar-refractivity contribution in [3.05, 3.63) is 71.8 Å². The van der Waals surface area contributed by atoms with E-state index in [0.717, 1.165) is 24.6 Å². The van der Waals surface area contributed by atoms with E-state index in [1.807, 2.05) is 35.2 Å². The minimum absolute atomic E-state index is 0. The van der Waals surface area contributed by atoms with Crippen LogP contribution >= 0.6 is 37.2 Å². The van der Waals surface area contributed by atoms with Gasteiger partial charge in [-0.2, -0.15) is 13.2 Å². The zero-order chi connectivity index (χ0) is 29.2. The summed E-state index contributed by atoms with van der Waals surface area (Å²) in [6, 6.07) is 16.5. The first-order chi connectivity index (χ1) is 19.7. The number of carbonyl (C=O) groups excluding carboxylic acids is 2. The SMILES string of the molecule is CC(=O)NCCNc1cc(NC(=O)CN2CCCN(Cc3cccc(C(F)(F)F)c3)CC2)nc(-c2ccccc2)n1.Cl.Cl.Cl. The molecule has 44 heavy (non-hydrogen) atoms. The Bertz CT molecular complexity index is 1340. The van der Waals surface area contributed by atoms with Crippen LogP contribution in [-0.2, 0) is 22.3 Å². The summed E-state index contributed by atoms with van der Waals surface area (Å²) < 4.78 is 39.3. The van der Waals surface area contributed by atoms with Gasteiger partial charge in [0.2, 0.25) is 11.8 Å². The largest absolute Gasteiger partial charge is 0.416 e. The zero-order valence-corrected chi connectivity index (χ0v) is 26.6. The summed E-state index contributed by atoms with van der Waals surface area (Å²) in [5.41, 5.74) is 0.765. The number of aromatic nitrogens is 2. The Morgan fingerprint density at radius 3 is 2.23 bits per heavy atom. The molecule has 0 bridgehead atoms. The highest BCUT2D eigenvalue weighted by atomic mass is 35.5. The monoisotopic (exact) mass is 677 g/mol. The molecule has 1 fully saturated rings. The molecular weight excluding hydrogens is 642 g/mol. The highest BCUT2D eigenvalue weighted by Gasteiger charge is 2.30. The molecule has 0 atom stereocenters. The van der Waals surface area contributed by atoms with Crippen LogP contribution in [0.4, 0.5) is 24.8 Å². The fourth-order valence-electron chi connectivity index (χ4n) is 4.58. The van der Waals surface area contributed by atoms with Gasteiger partial charge in [-0.1, -0.05) is 48.5 Å². The topological polar surface area (TPSA) is 102 Å². The van der Waals surface area contributed by atoms with Crippen LogP contribution in [0.3, 0.4) is 0 Å². The predicted octanol–water partition coefficient (Wildman–Crippen LogP) is 5.12. The predicted molar refractivity (Wildman–Crippen MR) is 173 cm³/mol. The third kappa shape index (κ3) is 12.4. The Morgan fingerprint density at radius 2 is 1.52 bits per heavy atom. The summed E-state index contributed by atoms with van der Waals surface area (Å²) in [5.74, 6) is 0.967. The molecule has 1 saturated heterocycles. The lowest BCUT2D eigenvalue weighted by Crippen LogP contribution is -2.36. The number of alkyl halides is 3. The minimum Gasteiger partial charge on any atom is -0.368 e. The minimum atomic E-state index is -4.37. The average Bonchev–Trinajstić information content (AvgIpc) is 3.15. The molecule has 0 aliphatic carbocycles. The van der Waals surface area contributed by atoms with Crippen molar-refractivity contribution in [1.29, 1.82) is 0 Å². The number of halogens is 6. The van der Waals surface area contributed by atoms with Gasteiger partial charge in [-0.25, -0.2) is 9.97 Å². The second-order valence-electron chi connectivity index (χ2n) is 9.89. The number of nitrogens with zero attached hydrogens (tertiary/aromatic N) is 4. The number of anilines is 2. The van der Waals surface area contributed by atoms with E-state index < -0.39 is 11.7 Å². The van der Waals surface area contributed by atoms with E-state index in [0.29, 0.717) is 62.3 Å². The molecule has 0 spiro atoms. The molecule has 0 saturated carbocycles. The summed E-state index contributed by atoms with van der Waals surface area (Å²) in [6.07, 6.45) is -3.58. The molecule has 0 unspecified atom stereocenters. The molecule has 0 radical (unpaired) electrons. The van der Waals surface area contributed by atoms with Crippen LogP contribution in [0.1, 0.15) is 24.5 Å². The molecule has 4 rings (SSSR count). The first-order valence-electron chi connectivity index (χ1n) is 13.5. The van der Waals surface area contributed by atoms with Crippen LogP contribution in [0.25, 0.3) is 11.4 Å². The van der Waals surface area contributed by atoms with Crippen LogP contribution in [-0.4, -0.2) is 77.4 Å². The average molecular weight is 679 g/mol. The maximum atomic E-state index is 13.1. The van der Waals surface area contributed by atoms with Gasteiger partial charge >= 0.3 is 6.18 Å². The van der Waals surface area contributed by atoms with Crippen molar-refractivity contribution in [3.63, 3.8) is 0 Å². The van der Waals surface area contributed by atoms with Gasteiger partial charge in [0, 0.05) is 51.3 Å².